The molecule has 27 heavy (non-hydrogen) atoms. The van der Waals surface area contributed by atoms with Crippen LogP contribution in [0.5, 0.6) is 0 Å². The number of aliphatic carboxylic acids is 1. The van der Waals surface area contributed by atoms with E-state index in [1.807, 2.05) is 26.8 Å². The highest BCUT2D eigenvalue weighted by Gasteiger charge is 2.38. The van der Waals surface area contributed by atoms with E-state index in [1.165, 1.54) is 5.56 Å². The van der Waals surface area contributed by atoms with Crippen molar-refractivity contribution in [3.63, 3.8) is 0 Å². The van der Waals surface area contributed by atoms with Crippen LogP contribution in [0.15, 0.2) is 30.3 Å². The van der Waals surface area contributed by atoms with E-state index in [2.05, 4.69) is 39.8 Å². The van der Waals surface area contributed by atoms with Crippen LogP contribution in [0.25, 0.3) is 0 Å². The van der Waals surface area contributed by atoms with E-state index in [9.17, 15) is 4.79 Å². The predicted octanol–water partition coefficient (Wildman–Crippen LogP) is 2.39. The molecule has 3 atom stereocenters. The number of urea groups is 1. The number of rotatable bonds is 2. The van der Waals surface area contributed by atoms with E-state index in [4.69, 9.17) is 14.6 Å². The van der Waals surface area contributed by atoms with Gasteiger partial charge < -0.3 is 20.5 Å². The van der Waals surface area contributed by atoms with Gasteiger partial charge in [0.1, 0.15) is 0 Å². The molecule has 3 N–H and O–H groups in total. The molecule has 1 aromatic rings. The summed E-state index contributed by atoms with van der Waals surface area (Å²) >= 11 is 0. The van der Waals surface area contributed by atoms with Crippen LogP contribution in [0.4, 0.5) is 4.79 Å². The van der Waals surface area contributed by atoms with Gasteiger partial charge in [0.05, 0.1) is 12.7 Å². The van der Waals surface area contributed by atoms with Crippen LogP contribution in [0, 0.1) is 0 Å². The Labute approximate surface area is 161 Å². The normalized spacial score (nSPS) is 25.0. The van der Waals surface area contributed by atoms with Crippen LogP contribution in [0.3, 0.4) is 0 Å². The lowest BCUT2D eigenvalue weighted by Crippen LogP contribution is -2.50. The van der Waals surface area contributed by atoms with E-state index >= 15 is 0 Å². The number of hydrogen-bond donors (Lipinski definition) is 3. The van der Waals surface area contributed by atoms with Gasteiger partial charge in [0.15, 0.2) is 0 Å². The molecule has 7 nitrogen and oxygen atoms in total. The molecule has 2 amide bonds. The number of nitrogens with zero attached hydrogens (tertiary/aromatic N) is 1. The number of nitrogens with one attached hydrogen (secondary N) is 2. The summed E-state index contributed by atoms with van der Waals surface area (Å²) in [5.41, 5.74) is 1.02. The van der Waals surface area contributed by atoms with Crippen LogP contribution in [-0.4, -0.2) is 59.3 Å². The van der Waals surface area contributed by atoms with Gasteiger partial charge in [-0.05, 0) is 32.8 Å². The third kappa shape index (κ3) is 7.19. The van der Waals surface area contributed by atoms with Gasteiger partial charge in [-0.1, -0.05) is 30.3 Å². The predicted molar refractivity (Wildman–Crippen MR) is 104 cm³/mol. The topological polar surface area (TPSA) is 90.9 Å². The first kappa shape index (κ1) is 21.2. The van der Waals surface area contributed by atoms with Crippen molar-refractivity contribution < 1.29 is 19.4 Å². The average molecular weight is 377 g/mol. The Morgan fingerprint density at radius 1 is 1.19 bits per heavy atom. The molecular weight excluding hydrogens is 346 g/mol. The average Bonchev–Trinajstić information content (AvgIpc) is 2.94. The minimum atomic E-state index is -0.833. The lowest BCUT2D eigenvalue weighted by atomic mass is 10.1. The first-order valence-electron chi connectivity index (χ1n) is 9.33. The van der Waals surface area contributed by atoms with Crippen molar-refractivity contribution in [1.29, 1.82) is 0 Å². The fourth-order valence-corrected chi connectivity index (χ4v) is 3.41. The summed E-state index contributed by atoms with van der Waals surface area (Å²) in [6, 6.07) is 10.9. The number of benzene rings is 1. The Morgan fingerprint density at radius 2 is 1.81 bits per heavy atom. The second-order valence-corrected chi connectivity index (χ2v) is 8.14. The summed E-state index contributed by atoms with van der Waals surface area (Å²) in [6.07, 6.45) is 1.09. The van der Waals surface area contributed by atoms with E-state index in [0.29, 0.717) is 6.04 Å². The van der Waals surface area contributed by atoms with Crippen molar-refractivity contribution in [2.45, 2.75) is 57.8 Å². The lowest BCUT2D eigenvalue weighted by Gasteiger charge is -2.35. The quantitative estimate of drug-likeness (QED) is 0.736. The van der Waals surface area contributed by atoms with Gasteiger partial charge >= 0.3 is 6.03 Å². The summed E-state index contributed by atoms with van der Waals surface area (Å²) in [4.78, 5) is 23.5. The van der Waals surface area contributed by atoms with E-state index in [1.54, 1.807) is 0 Å². The van der Waals surface area contributed by atoms with Crippen molar-refractivity contribution in [3.05, 3.63) is 35.9 Å². The molecule has 0 unspecified atom stereocenters. The molecule has 0 spiro atoms. The number of ether oxygens (including phenoxy) is 1. The van der Waals surface area contributed by atoms with Crippen LogP contribution < -0.4 is 10.6 Å². The van der Waals surface area contributed by atoms with Crippen molar-refractivity contribution in [2.75, 3.05) is 19.7 Å². The molecule has 2 aliphatic heterocycles. The standard InChI is InChI=1S/C18H27N3O2.C2H4O2/c1-18(2,3)20-17(22)19-14-9-15-12-23-16(11-21(15)10-14)13-7-5-4-6-8-13;1-2(3)4/h4-8,14-16H,9-12H2,1-3H3,(H2,19,20,22);1H3,(H,3,4)/t14-,15+,16-;/m1./s1. The summed E-state index contributed by atoms with van der Waals surface area (Å²) in [7, 11) is 0. The Kier molecular flexibility index (Phi) is 7.21. The van der Waals surface area contributed by atoms with Crippen LogP contribution in [0.1, 0.15) is 45.8 Å². The van der Waals surface area contributed by atoms with Gasteiger partial charge in [-0.3, -0.25) is 9.69 Å². The molecule has 0 bridgehead atoms. The minimum absolute atomic E-state index is 0.0807. The van der Waals surface area contributed by atoms with Gasteiger partial charge in [-0.25, -0.2) is 4.79 Å². The molecule has 1 aromatic carbocycles. The number of carbonyl (C=O) groups is 2. The van der Waals surface area contributed by atoms with Gasteiger partial charge in [0.2, 0.25) is 0 Å². The van der Waals surface area contributed by atoms with Crippen molar-refractivity contribution in [2.24, 2.45) is 0 Å². The number of carbonyl (C=O) groups excluding carboxylic acids is 1. The molecule has 2 fully saturated rings. The van der Waals surface area contributed by atoms with E-state index in [-0.39, 0.29) is 23.7 Å². The van der Waals surface area contributed by atoms with Crippen LogP contribution in [-0.2, 0) is 9.53 Å². The van der Waals surface area contributed by atoms with E-state index < -0.39 is 5.97 Å². The van der Waals surface area contributed by atoms with Gasteiger partial charge in [-0.2, -0.15) is 0 Å². The second-order valence-electron chi connectivity index (χ2n) is 8.14. The van der Waals surface area contributed by atoms with Gasteiger partial charge in [0.25, 0.3) is 5.97 Å². The zero-order valence-corrected chi connectivity index (χ0v) is 16.6. The SMILES string of the molecule is CC(=O)O.CC(C)(C)NC(=O)N[C@@H]1C[C@H]2CO[C@@H](c3ccccc3)CN2C1. The molecule has 2 heterocycles. The molecule has 3 rings (SSSR count). The van der Waals surface area contributed by atoms with Crippen molar-refractivity contribution in [3.8, 4) is 0 Å². The zero-order valence-electron chi connectivity index (χ0n) is 16.6. The monoisotopic (exact) mass is 377 g/mol. The Bertz CT molecular complexity index is 626. The molecule has 0 aromatic heterocycles. The molecule has 7 heteroatoms. The molecular formula is C20H31N3O4. The Hall–Kier alpha value is -2.12. The molecule has 0 radical (unpaired) electrons. The van der Waals surface area contributed by atoms with Crippen LogP contribution >= 0.6 is 0 Å². The highest BCUT2D eigenvalue weighted by atomic mass is 16.5. The number of carboxylic acids is 1. The fraction of sp³-hybridized carbons (Fsp3) is 0.600. The Morgan fingerprint density at radius 3 is 2.41 bits per heavy atom. The summed E-state index contributed by atoms with van der Waals surface area (Å²) in [6.45, 7) is 9.58. The number of amides is 2. The third-order valence-electron chi connectivity index (χ3n) is 4.41. The summed E-state index contributed by atoms with van der Waals surface area (Å²) < 4.78 is 6.04. The highest BCUT2D eigenvalue weighted by molar-refractivity contribution is 5.75. The minimum Gasteiger partial charge on any atom is -0.481 e. The first-order valence-corrected chi connectivity index (χ1v) is 9.33. The molecule has 0 saturated carbocycles. The third-order valence-corrected chi connectivity index (χ3v) is 4.41. The second kappa shape index (κ2) is 9.19. The highest BCUT2D eigenvalue weighted by Crippen LogP contribution is 2.30. The Balaban J connectivity index is 0.000000596. The molecule has 150 valence electrons. The lowest BCUT2D eigenvalue weighted by molar-refractivity contribution is -0.134. The maximum Gasteiger partial charge on any atom is 0.315 e. The fourth-order valence-electron chi connectivity index (χ4n) is 3.41. The molecule has 2 saturated heterocycles. The van der Waals surface area contributed by atoms with Gasteiger partial charge in [0, 0.05) is 37.6 Å². The summed E-state index contributed by atoms with van der Waals surface area (Å²) in [5.74, 6) is -0.833. The van der Waals surface area contributed by atoms with Crippen LogP contribution in [0.2, 0.25) is 0 Å². The maximum atomic E-state index is 12.0. The number of morpholine rings is 1. The number of fused-ring (bicyclic) bond motifs is 1. The largest absolute Gasteiger partial charge is 0.481 e. The molecule has 2 aliphatic rings. The van der Waals surface area contributed by atoms with Gasteiger partial charge in [-0.15, -0.1) is 0 Å². The summed E-state index contributed by atoms with van der Waals surface area (Å²) in [5, 5.41) is 13.5. The first-order chi connectivity index (χ1) is 12.6. The smallest absolute Gasteiger partial charge is 0.315 e. The van der Waals surface area contributed by atoms with E-state index in [0.717, 1.165) is 33.0 Å². The number of hydrogen-bond acceptors (Lipinski definition) is 4. The van der Waals surface area contributed by atoms with Crippen molar-refractivity contribution in [1.82, 2.24) is 15.5 Å². The maximum absolute atomic E-state index is 12.0. The molecule has 0 aliphatic carbocycles. The number of carboxylic acid groups (broad SMARTS) is 1. The van der Waals surface area contributed by atoms with Crippen molar-refractivity contribution >= 4 is 12.0 Å². The zero-order chi connectivity index (χ0) is 20.0.